The van der Waals surface area contributed by atoms with Gasteiger partial charge in [0.15, 0.2) is 0 Å². The minimum atomic E-state index is -0.295. The van der Waals surface area contributed by atoms with Gasteiger partial charge in [-0.1, -0.05) is 17.7 Å². The van der Waals surface area contributed by atoms with E-state index in [-0.39, 0.29) is 5.56 Å². The van der Waals surface area contributed by atoms with Crippen LogP contribution >= 0.6 is 0 Å². The average molecular weight is 225 g/mol. The Morgan fingerprint density at radius 2 is 1.88 bits per heavy atom. The highest BCUT2D eigenvalue weighted by Crippen LogP contribution is 2.07. The Bertz CT molecular complexity index is 648. The predicted molar refractivity (Wildman–Crippen MR) is 64.0 cm³/mol. The third-order valence-electron chi connectivity index (χ3n) is 2.52. The zero-order chi connectivity index (χ0) is 12.4. The Morgan fingerprint density at radius 1 is 1.24 bits per heavy atom. The maximum Gasteiger partial charge on any atom is 0.272 e. The van der Waals surface area contributed by atoms with E-state index >= 15 is 0 Å². The summed E-state index contributed by atoms with van der Waals surface area (Å²) < 4.78 is 1.30. The summed E-state index contributed by atoms with van der Waals surface area (Å²) in [6, 6.07) is 10.7. The van der Waals surface area contributed by atoms with E-state index in [9.17, 15) is 4.79 Å². The number of benzene rings is 1. The van der Waals surface area contributed by atoms with E-state index in [0.29, 0.717) is 16.9 Å². The Morgan fingerprint density at radius 3 is 2.47 bits per heavy atom. The molecule has 0 N–H and O–H groups in total. The smallest absolute Gasteiger partial charge is 0.267 e. The maximum atomic E-state index is 11.8. The van der Waals surface area contributed by atoms with E-state index in [1.807, 2.05) is 37.3 Å². The minimum absolute atomic E-state index is 0.295. The summed E-state index contributed by atoms with van der Waals surface area (Å²) in [4.78, 5) is 11.8. The number of aromatic nitrogens is 2. The molecule has 0 saturated heterocycles. The van der Waals surface area contributed by atoms with Gasteiger partial charge in [0, 0.05) is 6.07 Å². The van der Waals surface area contributed by atoms with Crippen molar-refractivity contribution in [2.75, 3.05) is 0 Å². The second kappa shape index (κ2) is 4.22. The van der Waals surface area contributed by atoms with Gasteiger partial charge >= 0.3 is 0 Å². The van der Waals surface area contributed by atoms with Gasteiger partial charge in [-0.2, -0.15) is 15.0 Å². The fourth-order valence-corrected chi connectivity index (χ4v) is 1.53. The molecule has 1 aromatic heterocycles. The highest BCUT2D eigenvalue weighted by Gasteiger charge is 2.06. The number of hydrogen-bond donors (Lipinski definition) is 0. The molecule has 4 heteroatoms. The molecule has 84 valence electrons. The second-order valence-corrected chi connectivity index (χ2v) is 3.84. The summed E-state index contributed by atoms with van der Waals surface area (Å²) in [6.45, 7) is 3.69. The van der Waals surface area contributed by atoms with Crippen LogP contribution in [0, 0.1) is 25.2 Å². The maximum absolute atomic E-state index is 11.8. The van der Waals surface area contributed by atoms with Gasteiger partial charge in [-0.15, -0.1) is 0 Å². The van der Waals surface area contributed by atoms with Crippen molar-refractivity contribution in [3.63, 3.8) is 0 Å². The van der Waals surface area contributed by atoms with Gasteiger partial charge in [-0.3, -0.25) is 4.79 Å². The van der Waals surface area contributed by atoms with Gasteiger partial charge in [0.1, 0.15) is 6.07 Å². The van der Waals surface area contributed by atoms with Crippen molar-refractivity contribution in [3.05, 3.63) is 57.5 Å². The van der Waals surface area contributed by atoms with E-state index in [4.69, 9.17) is 5.26 Å². The van der Waals surface area contributed by atoms with Gasteiger partial charge in [-0.05, 0) is 26.0 Å². The van der Waals surface area contributed by atoms with Crippen molar-refractivity contribution >= 4 is 0 Å². The Hall–Kier alpha value is -2.41. The molecule has 0 aliphatic carbocycles. The lowest BCUT2D eigenvalue weighted by molar-refractivity contribution is 0.782. The summed E-state index contributed by atoms with van der Waals surface area (Å²) in [6.07, 6.45) is 0. The molecule has 17 heavy (non-hydrogen) atoms. The molecule has 0 amide bonds. The van der Waals surface area contributed by atoms with E-state index in [2.05, 4.69) is 5.10 Å². The molecule has 0 spiro atoms. The van der Waals surface area contributed by atoms with Gasteiger partial charge in [0.05, 0.1) is 16.9 Å². The van der Waals surface area contributed by atoms with Crippen LogP contribution in [0.5, 0.6) is 0 Å². The minimum Gasteiger partial charge on any atom is -0.267 e. The van der Waals surface area contributed by atoms with Crippen molar-refractivity contribution in [2.45, 2.75) is 13.8 Å². The lowest BCUT2D eigenvalue weighted by Crippen LogP contribution is -2.22. The van der Waals surface area contributed by atoms with Crippen LogP contribution in [0.25, 0.3) is 5.69 Å². The van der Waals surface area contributed by atoms with Crippen molar-refractivity contribution < 1.29 is 0 Å². The largest absolute Gasteiger partial charge is 0.272 e. The highest BCUT2D eigenvalue weighted by atomic mass is 16.1. The zero-order valence-corrected chi connectivity index (χ0v) is 9.64. The first kappa shape index (κ1) is 11.1. The summed E-state index contributed by atoms with van der Waals surface area (Å²) >= 11 is 0. The van der Waals surface area contributed by atoms with Crippen LogP contribution in [0.15, 0.2) is 35.1 Å². The standard InChI is InChI=1S/C13H11N3O/c1-9-3-5-12(6-4-9)16-13(17)7-11(8-14)10(2)15-16/h3-7H,1-2H3. The SMILES string of the molecule is Cc1ccc(-n2nc(C)c(C#N)cc2=O)cc1. The third kappa shape index (κ3) is 2.08. The molecule has 0 saturated carbocycles. The first-order valence-electron chi connectivity index (χ1n) is 5.20. The number of rotatable bonds is 1. The molecule has 0 atom stereocenters. The fraction of sp³-hybridized carbons (Fsp3) is 0.154. The number of aryl methyl sites for hydroxylation is 2. The number of nitrogens with zero attached hydrogens (tertiary/aromatic N) is 3. The van der Waals surface area contributed by atoms with Crippen LogP contribution in [0.1, 0.15) is 16.8 Å². The van der Waals surface area contributed by atoms with Gasteiger partial charge in [0.25, 0.3) is 5.56 Å². The van der Waals surface area contributed by atoms with Crippen molar-refractivity contribution in [1.82, 2.24) is 9.78 Å². The Labute approximate surface area is 98.8 Å². The van der Waals surface area contributed by atoms with E-state index in [1.165, 1.54) is 10.7 Å². The quantitative estimate of drug-likeness (QED) is 0.742. The third-order valence-corrected chi connectivity index (χ3v) is 2.52. The van der Waals surface area contributed by atoms with Crippen LogP contribution in [-0.2, 0) is 0 Å². The molecule has 0 fully saturated rings. The Kier molecular flexibility index (Phi) is 2.75. The lowest BCUT2D eigenvalue weighted by Gasteiger charge is -2.06. The van der Waals surface area contributed by atoms with Crippen LogP contribution in [0.2, 0.25) is 0 Å². The molecule has 1 aromatic carbocycles. The molecular formula is C13H11N3O. The molecule has 0 bridgehead atoms. The van der Waals surface area contributed by atoms with Crippen LogP contribution in [-0.4, -0.2) is 9.78 Å². The van der Waals surface area contributed by atoms with E-state index in [1.54, 1.807) is 6.92 Å². The fourth-order valence-electron chi connectivity index (χ4n) is 1.53. The molecular weight excluding hydrogens is 214 g/mol. The summed E-state index contributed by atoms with van der Waals surface area (Å²) in [5.41, 5.74) is 2.39. The highest BCUT2D eigenvalue weighted by molar-refractivity contribution is 5.36. The van der Waals surface area contributed by atoms with Crippen LogP contribution in [0.4, 0.5) is 0 Å². The van der Waals surface area contributed by atoms with Gasteiger partial charge < -0.3 is 0 Å². The summed E-state index contributed by atoms with van der Waals surface area (Å²) in [5.74, 6) is 0. The van der Waals surface area contributed by atoms with Crippen LogP contribution < -0.4 is 5.56 Å². The zero-order valence-electron chi connectivity index (χ0n) is 9.64. The monoisotopic (exact) mass is 225 g/mol. The molecule has 2 rings (SSSR count). The number of nitriles is 1. The second-order valence-electron chi connectivity index (χ2n) is 3.84. The molecule has 0 unspecified atom stereocenters. The predicted octanol–water partition coefficient (Wildman–Crippen LogP) is 1.72. The molecule has 0 aliphatic rings. The summed E-state index contributed by atoms with van der Waals surface area (Å²) in [5, 5.41) is 12.9. The molecule has 0 aliphatic heterocycles. The number of hydrogen-bond acceptors (Lipinski definition) is 3. The Balaban J connectivity index is 2.62. The van der Waals surface area contributed by atoms with E-state index < -0.39 is 0 Å². The normalized spacial score (nSPS) is 9.94. The van der Waals surface area contributed by atoms with Crippen molar-refractivity contribution in [1.29, 1.82) is 5.26 Å². The summed E-state index contributed by atoms with van der Waals surface area (Å²) in [7, 11) is 0. The van der Waals surface area contributed by atoms with Crippen molar-refractivity contribution in [3.8, 4) is 11.8 Å². The topological polar surface area (TPSA) is 58.7 Å². The molecule has 0 radical (unpaired) electrons. The average Bonchev–Trinajstić information content (AvgIpc) is 2.33. The molecule has 1 heterocycles. The van der Waals surface area contributed by atoms with Crippen molar-refractivity contribution in [2.24, 2.45) is 0 Å². The van der Waals surface area contributed by atoms with E-state index in [0.717, 1.165) is 5.56 Å². The van der Waals surface area contributed by atoms with Gasteiger partial charge in [0.2, 0.25) is 0 Å². The first-order chi connectivity index (χ1) is 8.11. The molecule has 2 aromatic rings. The van der Waals surface area contributed by atoms with Gasteiger partial charge in [-0.25, -0.2) is 0 Å². The van der Waals surface area contributed by atoms with Crippen LogP contribution in [0.3, 0.4) is 0 Å². The molecule has 4 nitrogen and oxygen atoms in total. The lowest BCUT2D eigenvalue weighted by atomic mass is 10.2. The first-order valence-corrected chi connectivity index (χ1v) is 5.20.